The van der Waals surface area contributed by atoms with Crippen molar-refractivity contribution in [2.24, 2.45) is 0 Å². The minimum Gasteiger partial charge on any atom is -0.494 e. The van der Waals surface area contributed by atoms with Crippen LogP contribution in [0.5, 0.6) is 5.75 Å². The number of ether oxygens (including phenoxy) is 1. The molecule has 0 atom stereocenters. The molecule has 0 spiro atoms. The predicted molar refractivity (Wildman–Crippen MR) is 60.6 cm³/mol. The second-order valence-electron chi connectivity index (χ2n) is 2.90. The molecule has 2 nitrogen and oxygen atoms in total. The summed E-state index contributed by atoms with van der Waals surface area (Å²) in [5, 5.41) is 1.08. The number of nitrogens with zero attached hydrogens (tertiary/aromatic N) is 1. The highest BCUT2D eigenvalue weighted by Crippen LogP contribution is 2.25. The van der Waals surface area contributed by atoms with Gasteiger partial charge in [-0.05, 0) is 31.2 Å². The molecule has 3 heteroatoms. The third-order valence-corrected chi connectivity index (χ3v) is 2.66. The Kier molecular flexibility index (Phi) is 2.68. The zero-order chi connectivity index (χ0) is 9.97. The maximum Gasteiger partial charge on any atom is 0.120 e. The molecule has 72 valence electrons. The van der Waals surface area contributed by atoms with Crippen molar-refractivity contribution in [3.63, 3.8) is 0 Å². The van der Waals surface area contributed by atoms with Crippen LogP contribution in [-0.4, -0.2) is 11.6 Å². The number of fused-ring (bicyclic) bond motifs is 1. The topological polar surface area (TPSA) is 22.1 Å². The van der Waals surface area contributed by atoms with Crippen LogP contribution in [0.2, 0.25) is 0 Å². The van der Waals surface area contributed by atoms with Crippen LogP contribution < -0.4 is 4.74 Å². The molecule has 1 aromatic heterocycles. The predicted octanol–water partition coefficient (Wildman–Crippen LogP) is 3.40. The molecule has 0 N–H and O–H groups in total. The zero-order valence-corrected chi connectivity index (χ0v) is 9.41. The average Bonchev–Trinajstić information content (AvgIpc) is 2.20. The maximum absolute atomic E-state index is 5.42. The van der Waals surface area contributed by atoms with Gasteiger partial charge >= 0.3 is 0 Å². The van der Waals surface area contributed by atoms with E-state index in [4.69, 9.17) is 4.74 Å². The number of hydrogen-bond acceptors (Lipinski definition) is 2. The first-order valence-corrected chi connectivity index (χ1v) is 5.27. The van der Waals surface area contributed by atoms with Crippen LogP contribution in [-0.2, 0) is 0 Å². The highest BCUT2D eigenvalue weighted by molar-refractivity contribution is 9.10. The Morgan fingerprint density at radius 3 is 3.00 bits per heavy atom. The third-order valence-electron chi connectivity index (χ3n) is 1.97. The van der Waals surface area contributed by atoms with Gasteiger partial charge in [-0.1, -0.05) is 15.9 Å². The number of aromatic nitrogens is 1. The fraction of sp³-hybridized carbons (Fsp3) is 0.182. The highest BCUT2D eigenvalue weighted by atomic mass is 79.9. The summed E-state index contributed by atoms with van der Waals surface area (Å²) >= 11 is 3.49. The molecule has 0 saturated heterocycles. The van der Waals surface area contributed by atoms with Gasteiger partial charge in [0.15, 0.2) is 0 Å². The van der Waals surface area contributed by atoms with E-state index in [0.29, 0.717) is 6.61 Å². The summed E-state index contributed by atoms with van der Waals surface area (Å²) in [4.78, 5) is 4.26. The molecule has 0 aliphatic rings. The molecule has 0 radical (unpaired) electrons. The summed E-state index contributed by atoms with van der Waals surface area (Å²) in [5.74, 6) is 0.883. The van der Waals surface area contributed by atoms with Crippen LogP contribution in [0.25, 0.3) is 10.9 Å². The average molecular weight is 252 g/mol. The molecule has 0 fully saturated rings. The van der Waals surface area contributed by atoms with Gasteiger partial charge in [0.2, 0.25) is 0 Å². The van der Waals surface area contributed by atoms with E-state index in [1.54, 1.807) is 6.20 Å². The molecular weight excluding hydrogens is 242 g/mol. The molecule has 0 amide bonds. The van der Waals surface area contributed by atoms with Crippen molar-refractivity contribution in [1.29, 1.82) is 0 Å². The smallest absolute Gasteiger partial charge is 0.120 e. The van der Waals surface area contributed by atoms with Crippen LogP contribution in [0.3, 0.4) is 0 Å². The number of halogens is 1. The van der Waals surface area contributed by atoms with Gasteiger partial charge in [-0.3, -0.25) is 4.98 Å². The molecule has 0 aliphatic heterocycles. The third kappa shape index (κ3) is 1.73. The van der Waals surface area contributed by atoms with Crippen LogP contribution in [0.4, 0.5) is 0 Å². The number of pyridine rings is 1. The Bertz CT molecular complexity index is 456. The van der Waals surface area contributed by atoms with E-state index in [1.165, 1.54) is 0 Å². The fourth-order valence-corrected chi connectivity index (χ4v) is 1.78. The second kappa shape index (κ2) is 3.96. The lowest BCUT2D eigenvalue weighted by atomic mass is 10.2. The molecule has 0 unspecified atom stereocenters. The van der Waals surface area contributed by atoms with Gasteiger partial charge in [-0.2, -0.15) is 0 Å². The Balaban J connectivity index is 2.58. The van der Waals surface area contributed by atoms with Crippen molar-refractivity contribution in [2.75, 3.05) is 6.61 Å². The SMILES string of the molecule is CCOc1ccc2nccc(Br)c2c1. The monoisotopic (exact) mass is 251 g/mol. The highest BCUT2D eigenvalue weighted by Gasteiger charge is 2.00. The van der Waals surface area contributed by atoms with Gasteiger partial charge < -0.3 is 4.74 Å². The van der Waals surface area contributed by atoms with Gasteiger partial charge in [-0.25, -0.2) is 0 Å². The zero-order valence-electron chi connectivity index (χ0n) is 7.83. The summed E-state index contributed by atoms with van der Waals surface area (Å²) in [5.41, 5.74) is 0.975. The summed E-state index contributed by atoms with van der Waals surface area (Å²) in [6, 6.07) is 7.82. The molecule has 0 bridgehead atoms. The quantitative estimate of drug-likeness (QED) is 0.817. The van der Waals surface area contributed by atoms with Gasteiger partial charge in [0.25, 0.3) is 0 Å². The maximum atomic E-state index is 5.42. The van der Waals surface area contributed by atoms with Gasteiger partial charge in [-0.15, -0.1) is 0 Å². The minimum atomic E-state index is 0.684. The van der Waals surface area contributed by atoms with Gasteiger partial charge in [0.05, 0.1) is 12.1 Å². The first-order valence-electron chi connectivity index (χ1n) is 4.48. The van der Waals surface area contributed by atoms with Crippen molar-refractivity contribution in [3.8, 4) is 5.75 Å². The Hall–Kier alpha value is -1.09. The molecule has 2 rings (SSSR count). The van der Waals surface area contributed by atoms with E-state index in [0.717, 1.165) is 21.1 Å². The Morgan fingerprint density at radius 1 is 1.36 bits per heavy atom. The number of rotatable bonds is 2. The minimum absolute atomic E-state index is 0.684. The van der Waals surface area contributed by atoms with Crippen LogP contribution >= 0.6 is 15.9 Å². The fourth-order valence-electron chi connectivity index (χ4n) is 1.35. The lowest BCUT2D eigenvalue weighted by Gasteiger charge is -2.04. The van der Waals surface area contributed by atoms with E-state index in [-0.39, 0.29) is 0 Å². The van der Waals surface area contributed by atoms with E-state index in [9.17, 15) is 0 Å². The normalized spacial score (nSPS) is 10.4. The largest absolute Gasteiger partial charge is 0.494 e. The molecule has 1 heterocycles. The second-order valence-corrected chi connectivity index (χ2v) is 3.76. The van der Waals surface area contributed by atoms with Gasteiger partial charge in [0, 0.05) is 16.1 Å². The van der Waals surface area contributed by atoms with E-state index in [1.807, 2.05) is 31.2 Å². The Labute approximate surface area is 91.0 Å². The molecule has 2 aromatic rings. The summed E-state index contributed by atoms with van der Waals surface area (Å²) in [6.45, 7) is 2.66. The summed E-state index contributed by atoms with van der Waals surface area (Å²) in [7, 11) is 0. The van der Waals surface area contributed by atoms with E-state index < -0.39 is 0 Å². The van der Waals surface area contributed by atoms with Crippen molar-refractivity contribution in [3.05, 3.63) is 34.9 Å². The molecule has 14 heavy (non-hydrogen) atoms. The van der Waals surface area contributed by atoms with Crippen LogP contribution in [0.1, 0.15) is 6.92 Å². The molecule has 0 saturated carbocycles. The van der Waals surface area contributed by atoms with Crippen molar-refractivity contribution in [2.45, 2.75) is 6.92 Å². The summed E-state index contributed by atoms with van der Waals surface area (Å²) < 4.78 is 6.47. The van der Waals surface area contributed by atoms with Crippen molar-refractivity contribution < 1.29 is 4.74 Å². The van der Waals surface area contributed by atoms with Gasteiger partial charge in [0.1, 0.15) is 5.75 Å². The number of benzene rings is 1. The Morgan fingerprint density at radius 2 is 2.21 bits per heavy atom. The van der Waals surface area contributed by atoms with Crippen molar-refractivity contribution >= 4 is 26.8 Å². The lowest BCUT2D eigenvalue weighted by molar-refractivity contribution is 0.340. The summed E-state index contributed by atoms with van der Waals surface area (Å²) in [6.07, 6.45) is 1.78. The van der Waals surface area contributed by atoms with Crippen LogP contribution in [0, 0.1) is 0 Å². The van der Waals surface area contributed by atoms with E-state index >= 15 is 0 Å². The lowest BCUT2D eigenvalue weighted by Crippen LogP contribution is -1.91. The first-order chi connectivity index (χ1) is 6.81. The number of hydrogen-bond donors (Lipinski definition) is 0. The van der Waals surface area contributed by atoms with Crippen LogP contribution in [0.15, 0.2) is 34.9 Å². The first kappa shape index (κ1) is 9.46. The molecule has 1 aromatic carbocycles. The molecular formula is C11H10BrNO. The van der Waals surface area contributed by atoms with E-state index in [2.05, 4.69) is 20.9 Å². The van der Waals surface area contributed by atoms with Crippen molar-refractivity contribution in [1.82, 2.24) is 4.98 Å². The molecule has 0 aliphatic carbocycles. The standard InChI is InChI=1S/C11H10BrNO/c1-2-14-8-3-4-11-9(7-8)10(12)5-6-13-11/h3-7H,2H2,1H3.